The lowest BCUT2D eigenvalue weighted by Crippen LogP contribution is -2.36. The average Bonchev–Trinajstić information content (AvgIpc) is 3.21. The molecular formula is C15H22N2O. The minimum absolute atomic E-state index is 0.0892. The number of amides is 1. The number of carbonyl (C=O) groups excluding carboxylic acids is 1. The Balaban J connectivity index is 1.76. The maximum absolute atomic E-state index is 11.8. The molecule has 1 aliphatic carbocycles. The van der Waals surface area contributed by atoms with Gasteiger partial charge < -0.3 is 10.6 Å². The van der Waals surface area contributed by atoms with Gasteiger partial charge in [0.2, 0.25) is 5.91 Å². The van der Waals surface area contributed by atoms with E-state index >= 15 is 0 Å². The number of carbonyl (C=O) groups is 1. The summed E-state index contributed by atoms with van der Waals surface area (Å²) >= 11 is 0. The first kappa shape index (κ1) is 13.1. The zero-order valence-corrected chi connectivity index (χ0v) is 11.0. The third-order valence-corrected chi connectivity index (χ3v) is 3.36. The van der Waals surface area contributed by atoms with Crippen molar-refractivity contribution in [1.29, 1.82) is 0 Å². The summed E-state index contributed by atoms with van der Waals surface area (Å²) in [5.74, 6) is 0.903. The molecule has 1 atom stereocenters. The van der Waals surface area contributed by atoms with E-state index in [1.54, 1.807) is 0 Å². The molecule has 1 fully saturated rings. The minimum atomic E-state index is 0.0892. The van der Waals surface area contributed by atoms with Crippen molar-refractivity contribution in [1.82, 2.24) is 10.6 Å². The fraction of sp³-hybridized carbons (Fsp3) is 0.533. The molecule has 0 bridgehead atoms. The monoisotopic (exact) mass is 246 g/mol. The Hall–Kier alpha value is -1.35. The van der Waals surface area contributed by atoms with E-state index < -0.39 is 0 Å². The highest BCUT2D eigenvalue weighted by molar-refractivity contribution is 5.78. The zero-order chi connectivity index (χ0) is 12.8. The lowest BCUT2D eigenvalue weighted by molar-refractivity contribution is -0.121. The Morgan fingerprint density at radius 2 is 2.06 bits per heavy atom. The summed E-state index contributed by atoms with van der Waals surface area (Å²) in [4.78, 5) is 11.8. The summed E-state index contributed by atoms with van der Waals surface area (Å²) in [6.07, 6.45) is 3.55. The molecule has 1 unspecified atom stereocenters. The van der Waals surface area contributed by atoms with Gasteiger partial charge in [-0.1, -0.05) is 37.3 Å². The summed E-state index contributed by atoms with van der Waals surface area (Å²) in [5, 5.41) is 6.29. The third-order valence-electron chi connectivity index (χ3n) is 3.36. The highest BCUT2D eigenvalue weighted by atomic mass is 16.1. The molecule has 1 aliphatic rings. The maximum Gasteiger partial charge on any atom is 0.234 e. The van der Waals surface area contributed by atoms with E-state index in [1.165, 1.54) is 18.4 Å². The van der Waals surface area contributed by atoms with E-state index in [0.717, 1.165) is 18.9 Å². The maximum atomic E-state index is 11.8. The van der Waals surface area contributed by atoms with Gasteiger partial charge in [0.15, 0.2) is 0 Å². The summed E-state index contributed by atoms with van der Waals surface area (Å²) in [7, 11) is 0. The van der Waals surface area contributed by atoms with Crippen LogP contribution in [-0.2, 0) is 4.79 Å². The zero-order valence-electron chi connectivity index (χ0n) is 11.0. The van der Waals surface area contributed by atoms with Crippen LogP contribution in [0.5, 0.6) is 0 Å². The summed E-state index contributed by atoms with van der Waals surface area (Å²) in [6, 6.07) is 10.3. The lowest BCUT2D eigenvalue weighted by atomic mass is 10.0. The van der Waals surface area contributed by atoms with Crippen LogP contribution < -0.4 is 10.6 Å². The predicted molar refractivity (Wildman–Crippen MR) is 73.2 cm³/mol. The van der Waals surface area contributed by atoms with Crippen LogP contribution in [0, 0.1) is 5.92 Å². The van der Waals surface area contributed by atoms with Gasteiger partial charge in [-0.15, -0.1) is 0 Å². The first-order chi connectivity index (χ1) is 8.79. The van der Waals surface area contributed by atoms with Crippen LogP contribution in [0.15, 0.2) is 30.3 Å². The van der Waals surface area contributed by atoms with Crippen molar-refractivity contribution in [2.24, 2.45) is 5.92 Å². The van der Waals surface area contributed by atoms with E-state index in [9.17, 15) is 4.79 Å². The molecule has 0 radical (unpaired) electrons. The molecule has 0 aliphatic heterocycles. The molecule has 1 saturated carbocycles. The van der Waals surface area contributed by atoms with E-state index in [1.807, 2.05) is 18.2 Å². The topological polar surface area (TPSA) is 41.1 Å². The van der Waals surface area contributed by atoms with Crippen LogP contribution in [0.25, 0.3) is 0 Å². The Labute approximate surface area is 109 Å². The van der Waals surface area contributed by atoms with Gasteiger partial charge in [-0.25, -0.2) is 0 Å². The summed E-state index contributed by atoms with van der Waals surface area (Å²) in [6.45, 7) is 3.50. The molecule has 1 aromatic carbocycles. The summed E-state index contributed by atoms with van der Waals surface area (Å²) < 4.78 is 0. The molecule has 3 heteroatoms. The van der Waals surface area contributed by atoms with E-state index in [4.69, 9.17) is 0 Å². The van der Waals surface area contributed by atoms with Crippen LogP contribution in [0.2, 0.25) is 0 Å². The van der Waals surface area contributed by atoms with Crippen LogP contribution >= 0.6 is 0 Å². The molecule has 1 aromatic rings. The highest BCUT2D eigenvalue weighted by Gasteiger charge is 2.20. The first-order valence-corrected chi connectivity index (χ1v) is 6.84. The predicted octanol–water partition coefficient (Wildman–Crippen LogP) is 2.25. The first-order valence-electron chi connectivity index (χ1n) is 6.84. The molecular weight excluding hydrogens is 224 g/mol. The van der Waals surface area contributed by atoms with Crippen molar-refractivity contribution >= 4 is 5.91 Å². The Morgan fingerprint density at radius 1 is 1.33 bits per heavy atom. The molecule has 1 amide bonds. The Kier molecular flexibility index (Phi) is 4.76. The van der Waals surface area contributed by atoms with Crippen LogP contribution in [0.4, 0.5) is 0 Å². The molecule has 0 heterocycles. The second-order valence-corrected chi connectivity index (χ2v) is 5.01. The fourth-order valence-corrected chi connectivity index (χ4v) is 2.06. The van der Waals surface area contributed by atoms with Crippen LogP contribution in [0.3, 0.4) is 0 Å². The number of hydrogen-bond donors (Lipinski definition) is 2. The smallest absolute Gasteiger partial charge is 0.234 e. The van der Waals surface area contributed by atoms with E-state index in [2.05, 4.69) is 29.7 Å². The molecule has 0 saturated heterocycles. The van der Waals surface area contributed by atoms with Crippen molar-refractivity contribution in [3.63, 3.8) is 0 Å². The average molecular weight is 246 g/mol. The second-order valence-electron chi connectivity index (χ2n) is 5.01. The molecule has 18 heavy (non-hydrogen) atoms. The number of benzene rings is 1. The minimum Gasteiger partial charge on any atom is -0.348 e. The van der Waals surface area contributed by atoms with Gasteiger partial charge in [-0.05, 0) is 37.3 Å². The normalized spacial score (nSPS) is 16.3. The van der Waals surface area contributed by atoms with Crippen molar-refractivity contribution in [3.8, 4) is 0 Å². The van der Waals surface area contributed by atoms with E-state index in [-0.39, 0.29) is 11.9 Å². The van der Waals surface area contributed by atoms with Gasteiger partial charge in [0, 0.05) is 0 Å². The standard InChI is InChI=1S/C15H22N2O/c1-2-14(13-6-4-3-5-7-13)17-15(18)11-16-10-12-8-9-12/h3-7,12,14,16H,2,8-11H2,1H3,(H,17,18). The fourth-order valence-electron chi connectivity index (χ4n) is 2.06. The van der Waals surface area contributed by atoms with Crippen LogP contribution in [0.1, 0.15) is 37.8 Å². The van der Waals surface area contributed by atoms with Gasteiger partial charge in [-0.3, -0.25) is 4.79 Å². The Morgan fingerprint density at radius 3 is 2.67 bits per heavy atom. The number of rotatable bonds is 7. The lowest BCUT2D eigenvalue weighted by Gasteiger charge is -2.17. The van der Waals surface area contributed by atoms with Gasteiger partial charge in [-0.2, -0.15) is 0 Å². The van der Waals surface area contributed by atoms with Gasteiger partial charge in [0.05, 0.1) is 12.6 Å². The SMILES string of the molecule is CCC(NC(=O)CNCC1CC1)c1ccccc1. The second kappa shape index (κ2) is 6.55. The van der Waals surface area contributed by atoms with Crippen molar-refractivity contribution in [2.45, 2.75) is 32.2 Å². The molecule has 0 aromatic heterocycles. The largest absolute Gasteiger partial charge is 0.348 e. The number of nitrogens with one attached hydrogen (secondary N) is 2. The quantitative estimate of drug-likeness (QED) is 0.775. The molecule has 2 N–H and O–H groups in total. The molecule has 3 nitrogen and oxygen atoms in total. The van der Waals surface area contributed by atoms with Gasteiger partial charge in [0.25, 0.3) is 0 Å². The molecule has 98 valence electrons. The highest BCUT2D eigenvalue weighted by Crippen LogP contribution is 2.27. The Bertz CT molecular complexity index is 373. The number of hydrogen-bond acceptors (Lipinski definition) is 2. The van der Waals surface area contributed by atoms with Gasteiger partial charge >= 0.3 is 0 Å². The van der Waals surface area contributed by atoms with Crippen molar-refractivity contribution in [2.75, 3.05) is 13.1 Å². The van der Waals surface area contributed by atoms with E-state index in [0.29, 0.717) is 6.54 Å². The summed E-state index contributed by atoms with van der Waals surface area (Å²) in [5.41, 5.74) is 1.18. The van der Waals surface area contributed by atoms with Gasteiger partial charge in [0.1, 0.15) is 0 Å². The van der Waals surface area contributed by atoms with Crippen molar-refractivity contribution < 1.29 is 4.79 Å². The van der Waals surface area contributed by atoms with Crippen LogP contribution in [-0.4, -0.2) is 19.0 Å². The molecule has 2 rings (SSSR count). The molecule has 0 spiro atoms. The third kappa shape index (κ3) is 4.15. The van der Waals surface area contributed by atoms with Crippen molar-refractivity contribution in [3.05, 3.63) is 35.9 Å².